The van der Waals surface area contributed by atoms with E-state index in [-0.39, 0.29) is 11.9 Å². The Morgan fingerprint density at radius 2 is 2.08 bits per heavy atom. The van der Waals surface area contributed by atoms with Gasteiger partial charge in [0.2, 0.25) is 0 Å². The van der Waals surface area contributed by atoms with Crippen LogP contribution in [0.15, 0.2) is 29.3 Å². The number of hydrogen-bond acceptors (Lipinski definition) is 3. The summed E-state index contributed by atoms with van der Waals surface area (Å²) in [5.74, 6) is 1.33. The van der Waals surface area contributed by atoms with Crippen molar-refractivity contribution in [2.75, 3.05) is 40.4 Å². The van der Waals surface area contributed by atoms with Crippen LogP contribution in [0.1, 0.15) is 25.3 Å². The molecule has 0 amide bonds. The summed E-state index contributed by atoms with van der Waals surface area (Å²) in [6.45, 7) is 6.34. The molecule has 140 valence electrons. The Kier molecular flexibility index (Phi) is 8.15. The van der Waals surface area contributed by atoms with Crippen LogP contribution in [0, 0.1) is 11.7 Å². The maximum absolute atomic E-state index is 13.8. The smallest absolute Gasteiger partial charge is 0.191 e. The van der Waals surface area contributed by atoms with Crippen molar-refractivity contribution in [2.24, 2.45) is 10.9 Å². The second-order valence-corrected chi connectivity index (χ2v) is 6.76. The lowest BCUT2D eigenvalue weighted by atomic mass is 9.96. The van der Waals surface area contributed by atoms with E-state index < -0.39 is 0 Å². The number of aliphatic imine (C=N–C) groups is 1. The summed E-state index contributed by atoms with van der Waals surface area (Å²) in [6.07, 6.45) is 2.23. The van der Waals surface area contributed by atoms with Crippen LogP contribution in [-0.2, 0) is 11.3 Å². The van der Waals surface area contributed by atoms with Gasteiger partial charge < -0.3 is 15.4 Å². The number of likely N-dealkylation sites (tertiary alicyclic amines) is 1. The third kappa shape index (κ3) is 6.63. The number of hydrogen-bond donors (Lipinski definition) is 2. The summed E-state index contributed by atoms with van der Waals surface area (Å²) in [5.41, 5.74) is 0.788. The molecular weight excluding hydrogens is 319 g/mol. The van der Waals surface area contributed by atoms with Gasteiger partial charge in [0.05, 0.1) is 6.61 Å². The van der Waals surface area contributed by atoms with Crippen molar-refractivity contribution in [3.63, 3.8) is 0 Å². The SMILES string of the molecule is CN=C(NCC1CCN(Cc2ccccc2F)CC1)NC(C)COC. The van der Waals surface area contributed by atoms with Crippen molar-refractivity contribution in [1.82, 2.24) is 15.5 Å². The molecule has 25 heavy (non-hydrogen) atoms. The second-order valence-electron chi connectivity index (χ2n) is 6.76. The predicted molar refractivity (Wildman–Crippen MR) is 100 cm³/mol. The van der Waals surface area contributed by atoms with Gasteiger partial charge in [-0.25, -0.2) is 4.39 Å². The van der Waals surface area contributed by atoms with Crippen LogP contribution in [0.2, 0.25) is 0 Å². The maximum atomic E-state index is 13.8. The van der Waals surface area contributed by atoms with Crippen LogP contribution in [-0.4, -0.2) is 57.3 Å². The Balaban J connectivity index is 1.70. The molecule has 1 saturated heterocycles. The van der Waals surface area contributed by atoms with Gasteiger partial charge in [-0.05, 0) is 44.8 Å². The zero-order valence-electron chi connectivity index (χ0n) is 15.6. The minimum absolute atomic E-state index is 0.105. The Morgan fingerprint density at radius 3 is 2.72 bits per heavy atom. The van der Waals surface area contributed by atoms with Crippen molar-refractivity contribution in [3.8, 4) is 0 Å². The fourth-order valence-electron chi connectivity index (χ4n) is 3.18. The summed E-state index contributed by atoms with van der Waals surface area (Å²) in [6, 6.07) is 7.28. The van der Waals surface area contributed by atoms with E-state index in [2.05, 4.69) is 27.4 Å². The first-order valence-corrected chi connectivity index (χ1v) is 9.04. The second kappa shape index (κ2) is 10.4. The van der Waals surface area contributed by atoms with Gasteiger partial charge >= 0.3 is 0 Å². The fraction of sp³-hybridized carbons (Fsp3) is 0.632. The fourth-order valence-corrected chi connectivity index (χ4v) is 3.18. The van der Waals surface area contributed by atoms with Crippen molar-refractivity contribution in [1.29, 1.82) is 0 Å². The lowest BCUT2D eigenvalue weighted by Crippen LogP contribution is -2.46. The Labute approximate surface area is 150 Å². The molecule has 1 atom stereocenters. The first kappa shape index (κ1) is 19.7. The molecule has 0 bridgehead atoms. The van der Waals surface area contributed by atoms with E-state index in [9.17, 15) is 4.39 Å². The number of methoxy groups -OCH3 is 1. The Hall–Kier alpha value is -1.66. The van der Waals surface area contributed by atoms with Crippen LogP contribution in [0.25, 0.3) is 0 Å². The van der Waals surface area contributed by atoms with Crippen LogP contribution >= 0.6 is 0 Å². The predicted octanol–water partition coefficient (Wildman–Crippen LogP) is 2.24. The first-order chi connectivity index (χ1) is 12.1. The minimum Gasteiger partial charge on any atom is -0.383 e. The van der Waals surface area contributed by atoms with Crippen molar-refractivity contribution in [3.05, 3.63) is 35.6 Å². The highest BCUT2D eigenvalue weighted by Gasteiger charge is 2.20. The molecule has 0 spiro atoms. The molecular formula is C19H31FN4O. The molecule has 0 radical (unpaired) electrons. The molecule has 1 aromatic carbocycles. The molecule has 0 saturated carbocycles. The number of guanidine groups is 1. The highest BCUT2D eigenvalue weighted by molar-refractivity contribution is 5.79. The largest absolute Gasteiger partial charge is 0.383 e. The monoisotopic (exact) mass is 350 g/mol. The molecule has 6 heteroatoms. The minimum atomic E-state index is -0.105. The summed E-state index contributed by atoms with van der Waals surface area (Å²) in [7, 11) is 3.48. The third-order valence-electron chi connectivity index (χ3n) is 4.64. The topological polar surface area (TPSA) is 48.9 Å². The number of ether oxygens (including phenoxy) is 1. The Morgan fingerprint density at radius 1 is 1.36 bits per heavy atom. The molecule has 1 aliphatic rings. The highest BCUT2D eigenvalue weighted by atomic mass is 19.1. The lowest BCUT2D eigenvalue weighted by molar-refractivity contribution is 0.174. The molecule has 5 nitrogen and oxygen atoms in total. The highest BCUT2D eigenvalue weighted by Crippen LogP contribution is 2.19. The van der Waals surface area contributed by atoms with Gasteiger partial charge in [0, 0.05) is 38.9 Å². The van der Waals surface area contributed by atoms with E-state index >= 15 is 0 Å². The standard InChI is InChI=1S/C19H31FN4O/c1-15(14-25-3)23-19(21-2)22-12-16-8-10-24(11-9-16)13-17-6-4-5-7-18(17)20/h4-7,15-16H,8-14H2,1-3H3,(H2,21,22,23). The number of rotatable bonds is 7. The molecule has 2 rings (SSSR count). The molecule has 1 fully saturated rings. The van der Waals surface area contributed by atoms with Crippen LogP contribution < -0.4 is 10.6 Å². The van der Waals surface area contributed by atoms with Gasteiger partial charge in [-0.2, -0.15) is 0 Å². The zero-order chi connectivity index (χ0) is 18.1. The van der Waals surface area contributed by atoms with E-state index in [0.29, 0.717) is 19.1 Å². The number of nitrogens with zero attached hydrogens (tertiary/aromatic N) is 2. The van der Waals surface area contributed by atoms with Gasteiger partial charge in [-0.1, -0.05) is 18.2 Å². The molecule has 1 aromatic rings. The molecule has 1 aliphatic heterocycles. The zero-order valence-corrected chi connectivity index (χ0v) is 15.6. The Bertz CT molecular complexity index is 544. The van der Waals surface area contributed by atoms with E-state index in [0.717, 1.165) is 44.0 Å². The average molecular weight is 350 g/mol. The van der Waals surface area contributed by atoms with E-state index in [1.807, 2.05) is 12.1 Å². The maximum Gasteiger partial charge on any atom is 0.191 e. The summed E-state index contributed by atoms with van der Waals surface area (Å²) < 4.78 is 18.9. The molecule has 0 aromatic heterocycles. The molecule has 1 unspecified atom stereocenters. The van der Waals surface area contributed by atoms with Crippen molar-refractivity contribution >= 4 is 5.96 Å². The van der Waals surface area contributed by atoms with Gasteiger partial charge in [0.1, 0.15) is 5.82 Å². The number of nitrogens with one attached hydrogen (secondary N) is 2. The van der Waals surface area contributed by atoms with Crippen molar-refractivity contribution < 1.29 is 9.13 Å². The van der Waals surface area contributed by atoms with E-state index in [4.69, 9.17) is 4.74 Å². The quantitative estimate of drug-likeness (QED) is 0.585. The van der Waals surface area contributed by atoms with Crippen LogP contribution in [0.5, 0.6) is 0 Å². The summed E-state index contributed by atoms with van der Waals surface area (Å²) >= 11 is 0. The van der Waals surface area contributed by atoms with Crippen LogP contribution in [0.4, 0.5) is 4.39 Å². The molecule has 2 N–H and O–H groups in total. The average Bonchev–Trinajstić information content (AvgIpc) is 2.62. The van der Waals surface area contributed by atoms with E-state index in [1.165, 1.54) is 6.07 Å². The number of halogens is 1. The summed E-state index contributed by atoms with van der Waals surface area (Å²) in [4.78, 5) is 6.60. The normalized spacial score (nSPS) is 18.2. The van der Waals surface area contributed by atoms with Gasteiger partial charge in [-0.3, -0.25) is 9.89 Å². The molecule has 0 aliphatic carbocycles. The van der Waals surface area contributed by atoms with Crippen LogP contribution in [0.3, 0.4) is 0 Å². The van der Waals surface area contributed by atoms with Gasteiger partial charge in [0.15, 0.2) is 5.96 Å². The lowest BCUT2D eigenvalue weighted by Gasteiger charge is -2.32. The van der Waals surface area contributed by atoms with Gasteiger partial charge in [0.25, 0.3) is 0 Å². The first-order valence-electron chi connectivity index (χ1n) is 9.04. The van der Waals surface area contributed by atoms with E-state index in [1.54, 1.807) is 20.2 Å². The van der Waals surface area contributed by atoms with Gasteiger partial charge in [-0.15, -0.1) is 0 Å². The number of piperidine rings is 1. The number of benzene rings is 1. The third-order valence-corrected chi connectivity index (χ3v) is 4.64. The molecule has 1 heterocycles. The van der Waals surface area contributed by atoms with Crippen molar-refractivity contribution in [2.45, 2.75) is 32.4 Å². The summed E-state index contributed by atoms with van der Waals surface area (Å²) in [5, 5.41) is 6.72.